The molecule has 1 aromatic carbocycles. The average Bonchev–Trinajstić information content (AvgIpc) is 2.59. The lowest BCUT2D eigenvalue weighted by atomic mass is 10.2. The summed E-state index contributed by atoms with van der Waals surface area (Å²) in [7, 11) is 1.73. The van der Waals surface area contributed by atoms with Crippen LogP contribution in [0.2, 0.25) is 0 Å². The molecular weight excluding hydrogens is 254 g/mol. The van der Waals surface area contributed by atoms with Gasteiger partial charge in [-0.3, -0.25) is 0 Å². The Bertz CT molecular complexity index is 476. The third kappa shape index (κ3) is 1.82. The molecule has 0 fully saturated rings. The van der Waals surface area contributed by atoms with Gasteiger partial charge < -0.3 is 9.30 Å². The van der Waals surface area contributed by atoms with Crippen molar-refractivity contribution in [3.63, 3.8) is 0 Å². The van der Waals surface area contributed by atoms with Crippen LogP contribution in [0.25, 0.3) is 10.9 Å². The third-order valence-electron chi connectivity index (χ3n) is 2.57. The number of nitrogens with zero attached hydrogens (tertiary/aromatic N) is 1. The van der Waals surface area contributed by atoms with Gasteiger partial charge in [0.05, 0.1) is 12.1 Å². The van der Waals surface area contributed by atoms with Gasteiger partial charge in [-0.1, -0.05) is 12.1 Å². The predicted molar refractivity (Wildman–Crippen MR) is 66.0 cm³/mol. The summed E-state index contributed by atoms with van der Waals surface area (Å²) >= 11 is 3.59. The van der Waals surface area contributed by atoms with Crippen molar-refractivity contribution in [1.82, 2.24) is 4.57 Å². The second-order valence-electron chi connectivity index (χ2n) is 3.51. The number of aryl methyl sites for hydroxylation is 1. The van der Waals surface area contributed by atoms with Crippen LogP contribution >= 0.6 is 15.9 Å². The molecular formula is C12H14BrNO. The lowest BCUT2D eigenvalue weighted by molar-refractivity contribution is 0.186. The van der Waals surface area contributed by atoms with E-state index in [1.807, 2.05) is 0 Å². The van der Waals surface area contributed by atoms with Crippen molar-refractivity contribution in [3.05, 3.63) is 34.4 Å². The molecule has 0 unspecified atom stereocenters. The second-order valence-corrected chi connectivity index (χ2v) is 4.36. The monoisotopic (exact) mass is 267 g/mol. The van der Waals surface area contributed by atoms with Crippen LogP contribution in [-0.2, 0) is 17.9 Å². The Kier molecular flexibility index (Phi) is 3.12. The first-order chi connectivity index (χ1) is 7.27. The van der Waals surface area contributed by atoms with E-state index in [1.54, 1.807) is 7.11 Å². The van der Waals surface area contributed by atoms with Gasteiger partial charge in [-0.05, 0) is 28.9 Å². The largest absolute Gasteiger partial charge is 0.380 e. The SMILES string of the molecule is CCn1cc(COC)c2cccc(Br)c21. The molecule has 0 aliphatic carbocycles. The van der Waals surface area contributed by atoms with Crippen LogP contribution in [0.1, 0.15) is 12.5 Å². The number of methoxy groups -OCH3 is 1. The highest BCUT2D eigenvalue weighted by molar-refractivity contribution is 9.10. The van der Waals surface area contributed by atoms with E-state index in [1.165, 1.54) is 16.5 Å². The van der Waals surface area contributed by atoms with Gasteiger partial charge >= 0.3 is 0 Å². The quantitative estimate of drug-likeness (QED) is 0.830. The van der Waals surface area contributed by atoms with Crippen molar-refractivity contribution in [2.45, 2.75) is 20.1 Å². The van der Waals surface area contributed by atoms with E-state index in [4.69, 9.17) is 4.74 Å². The highest BCUT2D eigenvalue weighted by Crippen LogP contribution is 2.28. The van der Waals surface area contributed by atoms with E-state index < -0.39 is 0 Å². The van der Waals surface area contributed by atoms with Crippen LogP contribution in [-0.4, -0.2) is 11.7 Å². The molecule has 2 rings (SSSR count). The zero-order valence-electron chi connectivity index (χ0n) is 8.96. The molecule has 15 heavy (non-hydrogen) atoms. The number of rotatable bonds is 3. The molecule has 0 saturated heterocycles. The summed E-state index contributed by atoms with van der Waals surface area (Å²) < 4.78 is 8.59. The van der Waals surface area contributed by atoms with Gasteiger partial charge in [-0.15, -0.1) is 0 Å². The first-order valence-electron chi connectivity index (χ1n) is 5.03. The topological polar surface area (TPSA) is 14.2 Å². The standard InChI is InChI=1S/C12H14BrNO/c1-3-14-7-9(8-15-2)10-5-4-6-11(13)12(10)14/h4-7H,3,8H2,1-2H3. The highest BCUT2D eigenvalue weighted by Gasteiger charge is 2.09. The number of hydrogen-bond donors (Lipinski definition) is 0. The molecule has 0 amide bonds. The molecule has 0 atom stereocenters. The first-order valence-corrected chi connectivity index (χ1v) is 5.82. The van der Waals surface area contributed by atoms with Crippen LogP contribution in [0.4, 0.5) is 0 Å². The number of hydrogen-bond acceptors (Lipinski definition) is 1. The molecule has 80 valence electrons. The molecule has 0 radical (unpaired) electrons. The van der Waals surface area contributed by atoms with Crippen molar-refractivity contribution in [2.24, 2.45) is 0 Å². The van der Waals surface area contributed by atoms with Crippen LogP contribution in [0, 0.1) is 0 Å². The number of aromatic nitrogens is 1. The van der Waals surface area contributed by atoms with Crippen LogP contribution in [0.3, 0.4) is 0 Å². The molecule has 2 nitrogen and oxygen atoms in total. The normalized spacial score (nSPS) is 11.1. The lowest BCUT2D eigenvalue weighted by Gasteiger charge is -2.01. The van der Waals surface area contributed by atoms with Gasteiger partial charge in [-0.25, -0.2) is 0 Å². The zero-order valence-corrected chi connectivity index (χ0v) is 10.5. The van der Waals surface area contributed by atoms with E-state index in [9.17, 15) is 0 Å². The summed E-state index contributed by atoms with van der Waals surface area (Å²) in [5, 5.41) is 1.27. The van der Waals surface area contributed by atoms with E-state index in [-0.39, 0.29) is 0 Å². The van der Waals surface area contributed by atoms with E-state index >= 15 is 0 Å². The summed E-state index contributed by atoms with van der Waals surface area (Å²) in [6.07, 6.45) is 2.17. The van der Waals surface area contributed by atoms with Gasteiger partial charge in [0.2, 0.25) is 0 Å². The van der Waals surface area contributed by atoms with Gasteiger partial charge in [0.15, 0.2) is 0 Å². The summed E-state index contributed by atoms with van der Waals surface area (Å²) in [5.41, 5.74) is 2.50. The zero-order chi connectivity index (χ0) is 10.8. The third-order valence-corrected chi connectivity index (χ3v) is 3.21. The fourth-order valence-electron chi connectivity index (χ4n) is 1.91. The van der Waals surface area contributed by atoms with Crippen LogP contribution < -0.4 is 0 Å². The van der Waals surface area contributed by atoms with E-state index in [2.05, 4.69) is 51.8 Å². The maximum Gasteiger partial charge on any atom is 0.0733 e. The number of ether oxygens (including phenoxy) is 1. The molecule has 2 aromatic rings. The Labute approximate surface area is 98.0 Å². The number of halogens is 1. The van der Waals surface area contributed by atoms with Crippen molar-refractivity contribution >= 4 is 26.8 Å². The smallest absolute Gasteiger partial charge is 0.0733 e. The van der Waals surface area contributed by atoms with Crippen LogP contribution in [0.15, 0.2) is 28.9 Å². The minimum Gasteiger partial charge on any atom is -0.380 e. The second kappa shape index (κ2) is 4.37. The molecule has 1 heterocycles. The van der Waals surface area contributed by atoms with Crippen molar-refractivity contribution in [2.75, 3.05) is 7.11 Å². The maximum absolute atomic E-state index is 5.21. The first kappa shape index (κ1) is 10.7. The van der Waals surface area contributed by atoms with E-state index in [0.717, 1.165) is 11.0 Å². The van der Waals surface area contributed by atoms with Gasteiger partial charge in [0, 0.05) is 35.3 Å². The molecule has 0 saturated carbocycles. The lowest BCUT2D eigenvalue weighted by Crippen LogP contribution is -1.91. The number of benzene rings is 1. The fourth-order valence-corrected chi connectivity index (χ4v) is 2.50. The van der Waals surface area contributed by atoms with Gasteiger partial charge in [0.25, 0.3) is 0 Å². The molecule has 0 N–H and O–H groups in total. The minimum atomic E-state index is 0.667. The fraction of sp³-hybridized carbons (Fsp3) is 0.333. The van der Waals surface area contributed by atoms with Gasteiger partial charge in [-0.2, -0.15) is 0 Å². The Morgan fingerprint density at radius 2 is 2.20 bits per heavy atom. The maximum atomic E-state index is 5.21. The molecule has 3 heteroatoms. The summed E-state index contributed by atoms with van der Waals surface area (Å²) in [6.45, 7) is 3.79. The molecule has 1 aromatic heterocycles. The summed E-state index contributed by atoms with van der Waals surface area (Å²) in [5.74, 6) is 0. The Balaban J connectivity index is 2.69. The predicted octanol–water partition coefficient (Wildman–Crippen LogP) is 3.57. The summed E-state index contributed by atoms with van der Waals surface area (Å²) in [4.78, 5) is 0. The Morgan fingerprint density at radius 3 is 2.87 bits per heavy atom. The molecule has 0 spiro atoms. The van der Waals surface area contributed by atoms with Crippen molar-refractivity contribution < 1.29 is 4.74 Å². The van der Waals surface area contributed by atoms with Crippen molar-refractivity contribution in [1.29, 1.82) is 0 Å². The molecule has 0 aliphatic heterocycles. The molecule has 0 bridgehead atoms. The van der Waals surface area contributed by atoms with Crippen molar-refractivity contribution in [3.8, 4) is 0 Å². The van der Waals surface area contributed by atoms with Crippen LogP contribution in [0.5, 0.6) is 0 Å². The Morgan fingerprint density at radius 1 is 1.40 bits per heavy atom. The highest BCUT2D eigenvalue weighted by atomic mass is 79.9. The van der Waals surface area contributed by atoms with E-state index in [0.29, 0.717) is 6.61 Å². The number of fused-ring (bicyclic) bond motifs is 1. The van der Waals surface area contributed by atoms with Gasteiger partial charge in [0.1, 0.15) is 0 Å². The minimum absolute atomic E-state index is 0.667. The Hall–Kier alpha value is -0.800. The number of para-hydroxylation sites is 1. The summed E-state index contributed by atoms with van der Waals surface area (Å²) in [6, 6.07) is 6.28. The molecule has 0 aliphatic rings. The average molecular weight is 268 g/mol.